The highest BCUT2D eigenvalue weighted by Gasteiger charge is 2.33. The average Bonchev–Trinajstić information content (AvgIpc) is 3.18. The molecule has 4 heteroatoms. The molecular formula is C15H23N3O. The molecule has 2 saturated carbocycles. The molecule has 1 N–H and O–H groups in total. The first kappa shape index (κ1) is 12.7. The minimum absolute atomic E-state index is 0.0476. The van der Waals surface area contributed by atoms with Gasteiger partial charge in [0.2, 0.25) is 0 Å². The third-order valence-corrected chi connectivity index (χ3v) is 4.63. The van der Waals surface area contributed by atoms with Crippen LogP contribution in [-0.2, 0) is 0 Å². The number of nitrogens with zero attached hydrogens (tertiary/aromatic N) is 2. The molecule has 0 bridgehead atoms. The number of aromatic nitrogens is 2. The molecule has 4 nitrogen and oxygen atoms in total. The first-order valence-electron chi connectivity index (χ1n) is 7.41. The predicted octanol–water partition coefficient (Wildman–Crippen LogP) is 2.96. The van der Waals surface area contributed by atoms with Gasteiger partial charge in [0, 0.05) is 24.5 Å². The van der Waals surface area contributed by atoms with Gasteiger partial charge < -0.3 is 9.88 Å². The molecule has 2 aliphatic rings. The molecule has 1 unspecified atom stereocenters. The van der Waals surface area contributed by atoms with Crippen molar-refractivity contribution in [3.8, 4) is 0 Å². The van der Waals surface area contributed by atoms with Crippen LogP contribution in [0.15, 0.2) is 17.2 Å². The molecule has 2 fully saturated rings. The van der Waals surface area contributed by atoms with Gasteiger partial charge in [-0.1, -0.05) is 26.7 Å². The first-order valence-corrected chi connectivity index (χ1v) is 7.41. The summed E-state index contributed by atoms with van der Waals surface area (Å²) in [7, 11) is 0. The van der Waals surface area contributed by atoms with Crippen LogP contribution in [0.5, 0.6) is 0 Å². The van der Waals surface area contributed by atoms with E-state index < -0.39 is 0 Å². The van der Waals surface area contributed by atoms with Crippen LogP contribution in [0.1, 0.15) is 58.4 Å². The van der Waals surface area contributed by atoms with Gasteiger partial charge in [0.1, 0.15) is 0 Å². The minimum atomic E-state index is 0.0476. The second-order valence-electron chi connectivity index (χ2n) is 6.65. The van der Waals surface area contributed by atoms with E-state index in [2.05, 4.69) is 24.1 Å². The smallest absolute Gasteiger partial charge is 0.293 e. The summed E-state index contributed by atoms with van der Waals surface area (Å²) in [4.78, 5) is 16.6. The van der Waals surface area contributed by atoms with Gasteiger partial charge in [0.05, 0.1) is 0 Å². The van der Waals surface area contributed by atoms with Gasteiger partial charge in [0.15, 0.2) is 5.82 Å². The molecule has 19 heavy (non-hydrogen) atoms. The van der Waals surface area contributed by atoms with Crippen LogP contribution in [0.2, 0.25) is 0 Å². The van der Waals surface area contributed by atoms with E-state index >= 15 is 0 Å². The number of rotatable bonds is 3. The molecule has 0 saturated heterocycles. The first-order chi connectivity index (χ1) is 9.08. The summed E-state index contributed by atoms with van der Waals surface area (Å²) in [5.41, 5.74) is 0.290. The Kier molecular flexibility index (Phi) is 3.11. The van der Waals surface area contributed by atoms with Crippen LogP contribution < -0.4 is 10.9 Å². The van der Waals surface area contributed by atoms with E-state index in [1.165, 1.54) is 19.3 Å². The molecule has 1 aromatic rings. The largest absolute Gasteiger partial charge is 0.362 e. The van der Waals surface area contributed by atoms with Crippen LogP contribution in [0.4, 0.5) is 5.82 Å². The zero-order chi connectivity index (χ0) is 13.5. The van der Waals surface area contributed by atoms with Crippen LogP contribution in [-0.4, -0.2) is 15.6 Å². The third kappa shape index (κ3) is 2.53. The SMILES string of the molecule is CC1(C)CCCCC1Nc1nccn(C2CC2)c1=O. The lowest BCUT2D eigenvalue weighted by Crippen LogP contribution is -2.41. The maximum atomic E-state index is 12.4. The van der Waals surface area contributed by atoms with Crippen LogP contribution in [0.25, 0.3) is 0 Å². The normalized spacial score (nSPS) is 26.1. The zero-order valence-electron chi connectivity index (χ0n) is 11.9. The van der Waals surface area contributed by atoms with Crippen molar-refractivity contribution in [2.75, 3.05) is 5.32 Å². The number of nitrogens with one attached hydrogen (secondary N) is 1. The summed E-state index contributed by atoms with van der Waals surface area (Å²) in [6, 6.07) is 0.770. The maximum Gasteiger partial charge on any atom is 0.293 e. The fraction of sp³-hybridized carbons (Fsp3) is 0.733. The molecule has 0 amide bonds. The van der Waals surface area contributed by atoms with Gasteiger partial charge in [-0.2, -0.15) is 0 Å². The Bertz CT molecular complexity index is 516. The van der Waals surface area contributed by atoms with E-state index in [1.54, 1.807) is 6.20 Å². The van der Waals surface area contributed by atoms with E-state index in [1.807, 2.05) is 10.8 Å². The highest BCUT2D eigenvalue weighted by molar-refractivity contribution is 5.33. The molecule has 2 aliphatic carbocycles. The summed E-state index contributed by atoms with van der Waals surface area (Å²) in [5.74, 6) is 0.536. The summed E-state index contributed by atoms with van der Waals surface area (Å²) in [5, 5.41) is 3.42. The third-order valence-electron chi connectivity index (χ3n) is 4.63. The lowest BCUT2D eigenvalue weighted by Gasteiger charge is -2.39. The van der Waals surface area contributed by atoms with E-state index in [0.29, 0.717) is 17.9 Å². The van der Waals surface area contributed by atoms with Gasteiger partial charge in [0.25, 0.3) is 5.56 Å². The zero-order valence-corrected chi connectivity index (χ0v) is 11.9. The van der Waals surface area contributed by atoms with Crippen LogP contribution in [0.3, 0.4) is 0 Å². The van der Waals surface area contributed by atoms with Crippen LogP contribution >= 0.6 is 0 Å². The minimum Gasteiger partial charge on any atom is -0.362 e. The van der Waals surface area contributed by atoms with E-state index in [9.17, 15) is 4.79 Å². The second kappa shape index (κ2) is 4.66. The van der Waals surface area contributed by atoms with E-state index in [0.717, 1.165) is 19.3 Å². The molecule has 3 rings (SSSR count). The van der Waals surface area contributed by atoms with Crippen LogP contribution in [0, 0.1) is 5.41 Å². The molecule has 0 aromatic carbocycles. The fourth-order valence-corrected chi connectivity index (χ4v) is 3.09. The standard InChI is InChI=1S/C15H23N3O/c1-15(2)8-4-3-5-12(15)17-13-14(19)18(10-9-16-13)11-6-7-11/h9-12H,3-8H2,1-2H3,(H,16,17). The van der Waals surface area contributed by atoms with Gasteiger partial charge in [-0.3, -0.25) is 4.79 Å². The molecule has 0 aliphatic heterocycles. The second-order valence-corrected chi connectivity index (χ2v) is 6.65. The average molecular weight is 261 g/mol. The molecule has 1 heterocycles. The van der Waals surface area contributed by atoms with Crippen molar-refractivity contribution in [2.24, 2.45) is 5.41 Å². The van der Waals surface area contributed by atoms with Crippen molar-refractivity contribution in [1.29, 1.82) is 0 Å². The number of anilines is 1. The Morgan fingerprint density at radius 3 is 2.79 bits per heavy atom. The molecule has 104 valence electrons. The monoisotopic (exact) mass is 261 g/mol. The number of hydrogen-bond acceptors (Lipinski definition) is 3. The summed E-state index contributed by atoms with van der Waals surface area (Å²) < 4.78 is 1.84. The Balaban J connectivity index is 1.83. The lowest BCUT2D eigenvalue weighted by molar-refractivity contribution is 0.216. The van der Waals surface area contributed by atoms with Crippen molar-refractivity contribution >= 4 is 5.82 Å². The molecule has 0 spiro atoms. The fourth-order valence-electron chi connectivity index (χ4n) is 3.09. The highest BCUT2D eigenvalue weighted by Crippen LogP contribution is 2.37. The molecule has 1 aromatic heterocycles. The predicted molar refractivity (Wildman–Crippen MR) is 76.4 cm³/mol. The van der Waals surface area contributed by atoms with Crippen molar-refractivity contribution in [1.82, 2.24) is 9.55 Å². The Hall–Kier alpha value is -1.32. The lowest BCUT2D eigenvalue weighted by atomic mass is 9.73. The topological polar surface area (TPSA) is 46.9 Å². The van der Waals surface area contributed by atoms with Gasteiger partial charge >= 0.3 is 0 Å². The van der Waals surface area contributed by atoms with Crippen molar-refractivity contribution < 1.29 is 0 Å². The molecular weight excluding hydrogens is 238 g/mol. The van der Waals surface area contributed by atoms with Gasteiger partial charge in [-0.05, 0) is 31.1 Å². The Labute approximate surface area is 114 Å². The van der Waals surface area contributed by atoms with Crippen molar-refractivity contribution in [3.63, 3.8) is 0 Å². The van der Waals surface area contributed by atoms with E-state index in [4.69, 9.17) is 0 Å². The Morgan fingerprint density at radius 1 is 1.32 bits per heavy atom. The van der Waals surface area contributed by atoms with Crippen molar-refractivity contribution in [3.05, 3.63) is 22.7 Å². The molecule has 0 radical (unpaired) electrons. The summed E-state index contributed by atoms with van der Waals surface area (Å²) in [6.07, 6.45) is 10.7. The van der Waals surface area contributed by atoms with Gasteiger partial charge in [-0.15, -0.1) is 0 Å². The maximum absolute atomic E-state index is 12.4. The van der Waals surface area contributed by atoms with Crippen molar-refractivity contribution in [2.45, 2.75) is 64.5 Å². The van der Waals surface area contributed by atoms with E-state index in [-0.39, 0.29) is 11.0 Å². The quantitative estimate of drug-likeness (QED) is 0.910. The number of hydrogen-bond donors (Lipinski definition) is 1. The summed E-state index contributed by atoms with van der Waals surface area (Å²) >= 11 is 0. The Morgan fingerprint density at radius 2 is 2.11 bits per heavy atom. The highest BCUT2D eigenvalue weighted by atomic mass is 16.1. The molecule has 1 atom stereocenters. The van der Waals surface area contributed by atoms with Gasteiger partial charge in [-0.25, -0.2) is 4.98 Å². The summed E-state index contributed by atoms with van der Waals surface area (Å²) in [6.45, 7) is 4.57.